The number of nitrogens with two attached hydrogens (primary N) is 1. The van der Waals surface area contributed by atoms with Crippen LogP contribution in [-0.2, 0) is 11.0 Å². The highest BCUT2D eigenvalue weighted by molar-refractivity contribution is 5.92. The second-order valence-corrected chi connectivity index (χ2v) is 7.28. The minimum absolute atomic E-state index is 0.0911. The molecule has 0 saturated heterocycles. The second-order valence-electron chi connectivity index (χ2n) is 7.28. The van der Waals surface area contributed by atoms with Gasteiger partial charge in [0.25, 0.3) is 11.5 Å². The predicted molar refractivity (Wildman–Crippen MR) is 116 cm³/mol. The molecule has 1 atom stereocenters. The molecule has 33 heavy (non-hydrogen) atoms. The molecule has 172 valence electrons. The number of benzene rings is 2. The van der Waals surface area contributed by atoms with Gasteiger partial charge >= 0.3 is 6.18 Å². The van der Waals surface area contributed by atoms with Crippen molar-refractivity contribution in [3.63, 3.8) is 0 Å². The number of nitrogen functional groups attached to an aromatic ring is 1. The van der Waals surface area contributed by atoms with Gasteiger partial charge in [-0.2, -0.15) is 23.0 Å². The second kappa shape index (κ2) is 9.15. The summed E-state index contributed by atoms with van der Waals surface area (Å²) < 4.78 is 40.2. The van der Waals surface area contributed by atoms with Crippen LogP contribution in [0.3, 0.4) is 0 Å². The summed E-state index contributed by atoms with van der Waals surface area (Å²) in [4.78, 5) is 36.3. The van der Waals surface area contributed by atoms with E-state index in [0.29, 0.717) is 11.4 Å². The molecule has 0 aliphatic heterocycles. The summed E-state index contributed by atoms with van der Waals surface area (Å²) in [6, 6.07) is 10.9. The van der Waals surface area contributed by atoms with Crippen molar-refractivity contribution in [3.05, 3.63) is 81.8 Å². The van der Waals surface area contributed by atoms with E-state index in [9.17, 15) is 27.6 Å². The minimum Gasteiger partial charge on any atom is -0.399 e. The molecule has 1 heterocycles. The number of alkyl halides is 3. The zero-order chi connectivity index (χ0) is 24.3. The number of amides is 2. The Balaban J connectivity index is 1.87. The smallest absolute Gasteiger partial charge is 0.399 e. The molecule has 4 N–H and O–H groups in total. The number of aromatic nitrogens is 2. The third-order valence-electron chi connectivity index (χ3n) is 4.60. The zero-order valence-corrected chi connectivity index (χ0v) is 17.6. The van der Waals surface area contributed by atoms with Crippen LogP contribution in [0.1, 0.15) is 41.5 Å². The van der Waals surface area contributed by atoms with Crippen LogP contribution in [0.4, 0.5) is 24.5 Å². The van der Waals surface area contributed by atoms with Crippen LogP contribution in [0.2, 0.25) is 0 Å². The third-order valence-corrected chi connectivity index (χ3v) is 4.60. The largest absolute Gasteiger partial charge is 0.416 e. The molecule has 0 fully saturated rings. The number of halogens is 3. The van der Waals surface area contributed by atoms with E-state index in [2.05, 4.69) is 15.7 Å². The van der Waals surface area contributed by atoms with Crippen molar-refractivity contribution in [2.45, 2.75) is 26.1 Å². The summed E-state index contributed by atoms with van der Waals surface area (Å²) in [5, 5.41) is 9.20. The SMILES string of the molecule is CC(=O)Nc1cccc(-n2nc(C(=O)N[C@H](C)c3cc(N)cc(C(F)(F)F)c3)ccc2=O)c1. The average molecular weight is 459 g/mol. The highest BCUT2D eigenvalue weighted by Gasteiger charge is 2.31. The minimum atomic E-state index is -4.59. The van der Waals surface area contributed by atoms with Gasteiger partial charge in [-0.15, -0.1) is 0 Å². The maximum atomic E-state index is 13.1. The van der Waals surface area contributed by atoms with Crippen molar-refractivity contribution in [2.75, 3.05) is 11.1 Å². The monoisotopic (exact) mass is 459 g/mol. The lowest BCUT2D eigenvalue weighted by molar-refractivity contribution is -0.137. The van der Waals surface area contributed by atoms with Crippen molar-refractivity contribution >= 4 is 23.2 Å². The molecule has 0 aliphatic carbocycles. The third kappa shape index (κ3) is 5.76. The maximum absolute atomic E-state index is 13.1. The summed E-state index contributed by atoms with van der Waals surface area (Å²) in [6.45, 7) is 2.83. The van der Waals surface area contributed by atoms with E-state index in [4.69, 9.17) is 5.73 Å². The summed E-state index contributed by atoms with van der Waals surface area (Å²) >= 11 is 0. The highest BCUT2D eigenvalue weighted by Crippen LogP contribution is 2.32. The van der Waals surface area contributed by atoms with Crippen LogP contribution in [0, 0.1) is 0 Å². The Morgan fingerprint density at radius 1 is 1.09 bits per heavy atom. The fourth-order valence-electron chi connectivity index (χ4n) is 3.08. The topological polar surface area (TPSA) is 119 Å². The van der Waals surface area contributed by atoms with E-state index < -0.39 is 29.2 Å². The normalized spacial score (nSPS) is 12.2. The van der Waals surface area contributed by atoms with Crippen molar-refractivity contribution in [3.8, 4) is 5.69 Å². The van der Waals surface area contributed by atoms with Crippen molar-refractivity contribution in [1.29, 1.82) is 0 Å². The highest BCUT2D eigenvalue weighted by atomic mass is 19.4. The molecule has 2 aromatic carbocycles. The molecule has 2 amide bonds. The Morgan fingerprint density at radius 2 is 1.82 bits per heavy atom. The fourth-order valence-corrected chi connectivity index (χ4v) is 3.08. The zero-order valence-electron chi connectivity index (χ0n) is 17.6. The first kappa shape index (κ1) is 23.5. The van der Waals surface area contributed by atoms with Crippen LogP contribution >= 0.6 is 0 Å². The van der Waals surface area contributed by atoms with Gasteiger partial charge < -0.3 is 16.4 Å². The van der Waals surface area contributed by atoms with Gasteiger partial charge in [0.05, 0.1) is 17.3 Å². The van der Waals surface area contributed by atoms with Crippen LogP contribution in [0.5, 0.6) is 0 Å². The Hall–Kier alpha value is -4.15. The predicted octanol–water partition coefficient (Wildman–Crippen LogP) is 3.28. The Kier molecular flexibility index (Phi) is 6.52. The molecular weight excluding hydrogens is 439 g/mol. The van der Waals surface area contributed by atoms with Gasteiger partial charge in [0, 0.05) is 24.4 Å². The number of rotatable bonds is 5. The quantitative estimate of drug-likeness (QED) is 0.506. The van der Waals surface area contributed by atoms with Gasteiger partial charge in [-0.1, -0.05) is 6.07 Å². The van der Waals surface area contributed by atoms with Gasteiger partial charge in [0.2, 0.25) is 5.91 Å². The number of nitrogens with zero attached hydrogens (tertiary/aromatic N) is 2. The Morgan fingerprint density at radius 3 is 2.48 bits per heavy atom. The van der Waals surface area contributed by atoms with Gasteiger partial charge in [-0.25, -0.2) is 0 Å². The molecule has 0 bridgehead atoms. The number of anilines is 2. The van der Waals surface area contributed by atoms with Crippen LogP contribution in [0.15, 0.2) is 59.4 Å². The summed E-state index contributed by atoms with van der Waals surface area (Å²) in [5.41, 5.74) is 4.81. The lowest BCUT2D eigenvalue weighted by Crippen LogP contribution is -2.31. The fraction of sp³-hybridized carbons (Fsp3) is 0.182. The molecule has 3 rings (SSSR count). The van der Waals surface area contributed by atoms with Crippen LogP contribution in [-0.4, -0.2) is 21.6 Å². The summed E-state index contributed by atoms with van der Waals surface area (Å²) in [6.07, 6.45) is -4.59. The molecule has 3 aromatic rings. The first-order valence-corrected chi connectivity index (χ1v) is 9.71. The van der Waals surface area contributed by atoms with E-state index in [1.165, 1.54) is 32.0 Å². The number of hydrogen-bond donors (Lipinski definition) is 3. The van der Waals surface area contributed by atoms with E-state index in [-0.39, 0.29) is 22.9 Å². The molecule has 0 aliphatic rings. The molecule has 11 heteroatoms. The van der Waals surface area contributed by atoms with Crippen molar-refractivity contribution in [1.82, 2.24) is 15.1 Å². The van der Waals surface area contributed by atoms with Crippen molar-refractivity contribution in [2.24, 2.45) is 0 Å². The molecule has 0 saturated carbocycles. The summed E-state index contributed by atoms with van der Waals surface area (Å²) in [5.74, 6) is -1.00. The standard InChI is InChI=1S/C22H20F3N5O3/c1-12(14-8-15(22(23,24)25)10-16(26)9-14)27-21(33)19-6-7-20(32)30(29-19)18-5-3-4-17(11-18)28-13(2)31/h3-12H,26H2,1-2H3,(H,27,33)(H,28,31)/t12-/m1/s1. The molecule has 0 radical (unpaired) electrons. The van der Waals surface area contributed by atoms with Crippen molar-refractivity contribution < 1.29 is 22.8 Å². The molecular formula is C22H20F3N5O3. The molecule has 1 aromatic heterocycles. The number of hydrogen-bond acceptors (Lipinski definition) is 5. The van der Waals surface area contributed by atoms with Crippen LogP contribution < -0.4 is 21.9 Å². The maximum Gasteiger partial charge on any atom is 0.416 e. The lowest BCUT2D eigenvalue weighted by atomic mass is 10.0. The average Bonchev–Trinajstić information content (AvgIpc) is 2.72. The summed E-state index contributed by atoms with van der Waals surface area (Å²) in [7, 11) is 0. The molecule has 0 spiro atoms. The van der Waals surface area contributed by atoms with Gasteiger partial charge in [-0.3, -0.25) is 14.4 Å². The first-order chi connectivity index (χ1) is 15.4. The van der Waals surface area contributed by atoms with E-state index >= 15 is 0 Å². The van der Waals surface area contributed by atoms with E-state index in [1.54, 1.807) is 18.2 Å². The van der Waals surface area contributed by atoms with Crippen LogP contribution in [0.25, 0.3) is 5.69 Å². The van der Waals surface area contributed by atoms with Gasteiger partial charge in [-0.05, 0) is 55.0 Å². The Labute approximate surface area is 186 Å². The lowest BCUT2D eigenvalue weighted by Gasteiger charge is -2.17. The first-order valence-electron chi connectivity index (χ1n) is 9.71. The Bertz CT molecular complexity index is 1270. The van der Waals surface area contributed by atoms with Gasteiger partial charge in [0.1, 0.15) is 5.69 Å². The number of carbonyl (C=O) groups excluding carboxylic acids is 2. The molecule has 8 nitrogen and oxygen atoms in total. The van der Waals surface area contributed by atoms with E-state index in [1.807, 2.05) is 0 Å². The van der Waals surface area contributed by atoms with Gasteiger partial charge in [0.15, 0.2) is 0 Å². The van der Waals surface area contributed by atoms with E-state index in [0.717, 1.165) is 22.9 Å². The number of carbonyl (C=O) groups is 2. The number of nitrogens with one attached hydrogen (secondary N) is 2. The molecule has 0 unspecified atom stereocenters.